The van der Waals surface area contributed by atoms with E-state index in [-0.39, 0.29) is 24.8 Å². The molecule has 120 valence electrons. The highest BCUT2D eigenvalue weighted by Crippen LogP contribution is 2.18. The fourth-order valence-electron chi connectivity index (χ4n) is 2.21. The van der Waals surface area contributed by atoms with Crippen LogP contribution in [0.1, 0.15) is 38.3 Å². The third kappa shape index (κ3) is 5.95. The monoisotopic (exact) mass is 306 g/mol. The SMILES string of the molecule is CCCN(CC(=O)O)C(=O)CC(NC(C)=O)c1ccccc1. The van der Waals surface area contributed by atoms with Gasteiger partial charge in [0.25, 0.3) is 0 Å². The molecule has 0 fully saturated rings. The summed E-state index contributed by atoms with van der Waals surface area (Å²) >= 11 is 0. The molecule has 0 saturated heterocycles. The van der Waals surface area contributed by atoms with Crippen molar-refractivity contribution < 1.29 is 19.5 Å². The third-order valence-corrected chi connectivity index (χ3v) is 3.13. The van der Waals surface area contributed by atoms with E-state index in [1.54, 1.807) is 0 Å². The Hall–Kier alpha value is -2.37. The van der Waals surface area contributed by atoms with Gasteiger partial charge in [-0.3, -0.25) is 14.4 Å². The highest BCUT2D eigenvalue weighted by atomic mass is 16.4. The molecule has 6 heteroatoms. The first-order valence-electron chi connectivity index (χ1n) is 7.25. The predicted octanol–water partition coefficient (Wildman–Crippen LogP) is 1.58. The van der Waals surface area contributed by atoms with Gasteiger partial charge in [-0.2, -0.15) is 0 Å². The molecule has 1 unspecified atom stereocenters. The average Bonchev–Trinajstić information content (AvgIpc) is 2.46. The third-order valence-electron chi connectivity index (χ3n) is 3.13. The smallest absolute Gasteiger partial charge is 0.323 e. The van der Waals surface area contributed by atoms with Crippen LogP contribution >= 0.6 is 0 Å². The Kier molecular flexibility index (Phi) is 7.08. The van der Waals surface area contributed by atoms with E-state index >= 15 is 0 Å². The van der Waals surface area contributed by atoms with E-state index in [9.17, 15) is 14.4 Å². The van der Waals surface area contributed by atoms with E-state index < -0.39 is 12.0 Å². The van der Waals surface area contributed by atoms with E-state index in [0.717, 1.165) is 5.56 Å². The molecule has 0 spiro atoms. The number of carbonyl (C=O) groups excluding carboxylic acids is 2. The number of hydrogen-bond donors (Lipinski definition) is 2. The van der Waals surface area contributed by atoms with Crippen molar-refractivity contribution in [2.75, 3.05) is 13.1 Å². The Morgan fingerprint density at radius 1 is 1.23 bits per heavy atom. The molecule has 1 aromatic carbocycles. The van der Waals surface area contributed by atoms with Gasteiger partial charge >= 0.3 is 5.97 Å². The van der Waals surface area contributed by atoms with Crippen LogP contribution in [-0.2, 0) is 14.4 Å². The van der Waals surface area contributed by atoms with Gasteiger partial charge in [-0.25, -0.2) is 0 Å². The van der Waals surface area contributed by atoms with Crippen molar-refractivity contribution in [3.63, 3.8) is 0 Å². The number of hydrogen-bond acceptors (Lipinski definition) is 3. The first kappa shape index (κ1) is 17.7. The number of carboxylic acids is 1. The summed E-state index contributed by atoms with van der Waals surface area (Å²) in [6.45, 7) is 3.33. The van der Waals surface area contributed by atoms with E-state index in [2.05, 4.69) is 5.32 Å². The molecule has 0 radical (unpaired) electrons. The lowest BCUT2D eigenvalue weighted by Gasteiger charge is -2.24. The first-order valence-corrected chi connectivity index (χ1v) is 7.25. The van der Waals surface area contributed by atoms with Gasteiger partial charge in [0.05, 0.1) is 12.5 Å². The minimum atomic E-state index is -1.04. The topological polar surface area (TPSA) is 86.7 Å². The maximum absolute atomic E-state index is 12.3. The van der Waals surface area contributed by atoms with Crippen molar-refractivity contribution >= 4 is 17.8 Å². The van der Waals surface area contributed by atoms with Gasteiger partial charge in [-0.1, -0.05) is 37.3 Å². The first-order chi connectivity index (χ1) is 10.4. The Morgan fingerprint density at radius 3 is 2.36 bits per heavy atom. The molecular weight excluding hydrogens is 284 g/mol. The standard InChI is InChI=1S/C16H22N2O4/c1-3-9-18(11-16(21)22)15(20)10-14(17-12(2)19)13-7-5-4-6-8-13/h4-8,14H,3,9-11H2,1-2H3,(H,17,19)(H,21,22). The zero-order chi connectivity index (χ0) is 16.5. The summed E-state index contributed by atoms with van der Waals surface area (Å²) in [6.07, 6.45) is 0.714. The number of benzene rings is 1. The zero-order valence-corrected chi connectivity index (χ0v) is 12.9. The second kappa shape index (κ2) is 8.81. The van der Waals surface area contributed by atoms with Crippen LogP contribution in [-0.4, -0.2) is 40.9 Å². The molecule has 0 bridgehead atoms. The van der Waals surface area contributed by atoms with Crippen LogP contribution in [0.5, 0.6) is 0 Å². The minimum Gasteiger partial charge on any atom is -0.480 e. The lowest BCUT2D eigenvalue weighted by Crippen LogP contribution is -2.39. The second-order valence-electron chi connectivity index (χ2n) is 5.08. The molecule has 22 heavy (non-hydrogen) atoms. The molecule has 1 atom stereocenters. The summed E-state index contributed by atoms with van der Waals surface area (Å²) in [6, 6.07) is 8.71. The highest BCUT2D eigenvalue weighted by molar-refractivity contribution is 5.82. The molecule has 0 aromatic heterocycles. The molecule has 0 aliphatic carbocycles. The molecule has 0 heterocycles. The van der Waals surface area contributed by atoms with Gasteiger partial charge in [0.2, 0.25) is 11.8 Å². The Morgan fingerprint density at radius 2 is 1.86 bits per heavy atom. The molecule has 0 saturated carbocycles. The van der Waals surface area contributed by atoms with Crippen molar-refractivity contribution in [3.8, 4) is 0 Å². The van der Waals surface area contributed by atoms with Crippen molar-refractivity contribution in [1.82, 2.24) is 10.2 Å². The largest absolute Gasteiger partial charge is 0.480 e. The van der Waals surface area contributed by atoms with Crippen molar-refractivity contribution in [1.29, 1.82) is 0 Å². The number of carboxylic acid groups (broad SMARTS) is 1. The summed E-state index contributed by atoms with van der Waals surface area (Å²) in [4.78, 5) is 35.9. The fraction of sp³-hybridized carbons (Fsp3) is 0.438. The molecule has 0 aliphatic rings. The highest BCUT2D eigenvalue weighted by Gasteiger charge is 2.22. The van der Waals surface area contributed by atoms with Gasteiger partial charge in [0.15, 0.2) is 0 Å². The van der Waals surface area contributed by atoms with Gasteiger partial charge in [-0.05, 0) is 12.0 Å². The fourth-order valence-corrected chi connectivity index (χ4v) is 2.21. The Labute approximate surface area is 130 Å². The van der Waals surface area contributed by atoms with Crippen LogP contribution in [0.2, 0.25) is 0 Å². The van der Waals surface area contributed by atoms with E-state index in [1.807, 2.05) is 37.3 Å². The molecule has 1 aromatic rings. The van der Waals surface area contributed by atoms with Crippen LogP contribution in [0, 0.1) is 0 Å². The van der Waals surface area contributed by atoms with Gasteiger partial charge in [0.1, 0.15) is 6.54 Å². The van der Waals surface area contributed by atoms with Crippen molar-refractivity contribution in [2.24, 2.45) is 0 Å². The molecule has 2 N–H and O–H groups in total. The molecule has 6 nitrogen and oxygen atoms in total. The molecule has 2 amide bonds. The maximum Gasteiger partial charge on any atom is 0.323 e. The predicted molar refractivity (Wildman–Crippen MR) is 82.1 cm³/mol. The maximum atomic E-state index is 12.3. The van der Waals surface area contributed by atoms with Crippen molar-refractivity contribution in [2.45, 2.75) is 32.7 Å². The van der Waals surface area contributed by atoms with Crippen molar-refractivity contribution in [3.05, 3.63) is 35.9 Å². The average molecular weight is 306 g/mol. The van der Waals surface area contributed by atoms with Gasteiger partial charge < -0.3 is 15.3 Å². The number of nitrogens with one attached hydrogen (secondary N) is 1. The quantitative estimate of drug-likeness (QED) is 0.763. The number of rotatable bonds is 8. The number of nitrogens with zero attached hydrogens (tertiary/aromatic N) is 1. The number of amides is 2. The Balaban J connectivity index is 2.85. The zero-order valence-electron chi connectivity index (χ0n) is 12.9. The normalized spacial score (nSPS) is 11.5. The molecule has 0 aliphatic heterocycles. The Bertz CT molecular complexity index is 516. The molecule has 1 rings (SSSR count). The van der Waals surface area contributed by atoms with Crippen LogP contribution in [0.25, 0.3) is 0 Å². The van der Waals surface area contributed by atoms with E-state index in [1.165, 1.54) is 11.8 Å². The number of carbonyl (C=O) groups is 3. The molecular formula is C16H22N2O4. The van der Waals surface area contributed by atoms with Gasteiger partial charge in [0, 0.05) is 13.5 Å². The lowest BCUT2D eigenvalue weighted by atomic mass is 10.0. The minimum absolute atomic E-state index is 0.0386. The summed E-state index contributed by atoms with van der Waals surface area (Å²) in [5.41, 5.74) is 0.817. The van der Waals surface area contributed by atoms with Crippen LogP contribution < -0.4 is 5.32 Å². The number of aliphatic carboxylic acids is 1. The van der Waals surface area contributed by atoms with E-state index in [0.29, 0.717) is 13.0 Å². The second-order valence-corrected chi connectivity index (χ2v) is 5.08. The van der Waals surface area contributed by atoms with Crippen LogP contribution in [0.4, 0.5) is 0 Å². The van der Waals surface area contributed by atoms with Crippen LogP contribution in [0.3, 0.4) is 0 Å². The van der Waals surface area contributed by atoms with Gasteiger partial charge in [-0.15, -0.1) is 0 Å². The summed E-state index contributed by atoms with van der Waals surface area (Å²) < 4.78 is 0. The summed E-state index contributed by atoms with van der Waals surface area (Å²) in [5.74, 6) is -1.56. The van der Waals surface area contributed by atoms with E-state index in [4.69, 9.17) is 5.11 Å². The summed E-state index contributed by atoms with van der Waals surface area (Å²) in [7, 11) is 0. The van der Waals surface area contributed by atoms with Crippen LogP contribution in [0.15, 0.2) is 30.3 Å². The summed E-state index contributed by atoms with van der Waals surface area (Å²) in [5, 5.41) is 11.6. The lowest BCUT2D eigenvalue weighted by molar-refractivity contribution is -0.144.